The molecule has 2 bridgehead atoms. The molecule has 0 aromatic carbocycles. The second-order valence-electron chi connectivity index (χ2n) is 7.27. The molecule has 0 saturated heterocycles. The lowest BCUT2D eigenvalue weighted by molar-refractivity contribution is 0.128. The van der Waals surface area contributed by atoms with Crippen molar-refractivity contribution in [1.82, 2.24) is 0 Å². The SMILES string of the molecule is CCCCOCCCC.ClC1=C(Cl)C2(Cl)C3C(Cl)C=CC3C1(Cl)C2(Cl)Cl.OCCO. The molecule has 30 heavy (non-hydrogen) atoms. The van der Waals surface area contributed by atoms with E-state index in [0.29, 0.717) is 0 Å². The van der Waals surface area contributed by atoms with Gasteiger partial charge >= 0.3 is 0 Å². The van der Waals surface area contributed by atoms with Crippen molar-refractivity contribution in [2.24, 2.45) is 11.8 Å². The van der Waals surface area contributed by atoms with Gasteiger partial charge in [-0.2, -0.15) is 0 Å². The molecule has 0 radical (unpaired) electrons. The molecule has 0 amide bonds. The molecule has 0 spiro atoms. The summed E-state index contributed by atoms with van der Waals surface area (Å²) in [7, 11) is 0. The molecular formula is C20H29Cl7O3. The summed E-state index contributed by atoms with van der Waals surface area (Å²) in [5.41, 5.74) is 0. The molecule has 3 nitrogen and oxygen atoms in total. The van der Waals surface area contributed by atoms with Crippen LogP contribution < -0.4 is 0 Å². The molecule has 0 aliphatic heterocycles. The summed E-state index contributed by atoms with van der Waals surface area (Å²) >= 11 is 44.5. The molecule has 3 aliphatic carbocycles. The fourth-order valence-electron chi connectivity index (χ4n) is 3.68. The largest absolute Gasteiger partial charge is 0.394 e. The smallest absolute Gasteiger partial charge is 0.167 e. The number of rotatable bonds is 7. The Morgan fingerprint density at radius 1 is 0.867 bits per heavy atom. The van der Waals surface area contributed by atoms with Crippen molar-refractivity contribution >= 4 is 81.2 Å². The Labute approximate surface area is 214 Å². The van der Waals surface area contributed by atoms with Crippen LogP contribution in [0.4, 0.5) is 0 Å². The van der Waals surface area contributed by atoms with Crippen LogP contribution >= 0.6 is 81.2 Å². The monoisotopic (exact) mass is 562 g/mol. The van der Waals surface area contributed by atoms with Gasteiger partial charge in [0.05, 0.1) is 28.7 Å². The average molecular weight is 566 g/mol. The third-order valence-electron chi connectivity index (χ3n) is 5.28. The van der Waals surface area contributed by atoms with Crippen LogP contribution in [-0.2, 0) is 4.74 Å². The van der Waals surface area contributed by atoms with Crippen molar-refractivity contribution < 1.29 is 14.9 Å². The van der Waals surface area contributed by atoms with E-state index in [9.17, 15) is 0 Å². The number of hydrogen-bond donors (Lipinski definition) is 2. The number of unbranched alkanes of at least 4 members (excludes halogenated alkanes) is 2. The molecular weight excluding hydrogens is 536 g/mol. The maximum Gasteiger partial charge on any atom is 0.167 e. The minimum absolute atomic E-state index is 0.125. The Morgan fingerprint density at radius 2 is 1.33 bits per heavy atom. The number of fused-ring (bicyclic) bond motifs is 5. The third-order valence-corrected chi connectivity index (χ3v) is 9.99. The van der Waals surface area contributed by atoms with E-state index in [1.54, 1.807) is 0 Å². The molecule has 2 N–H and O–H groups in total. The Morgan fingerprint density at radius 3 is 1.77 bits per heavy atom. The van der Waals surface area contributed by atoms with Gasteiger partial charge in [-0.15, -0.1) is 34.8 Å². The van der Waals surface area contributed by atoms with Gasteiger partial charge in [0.1, 0.15) is 9.75 Å². The van der Waals surface area contributed by atoms with Gasteiger partial charge in [-0.1, -0.05) is 85.2 Å². The number of allylic oxidation sites excluding steroid dienone is 4. The van der Waals surface area contributed by atoms with E-state index in [0.717, 1.165) is 13.2 Å². The lowest BCUT2D eigenvalue weighted by atomic mass is 9.84. The van der Waals surface area contributed by atoms with Gasteiger partial charge in [0, 0.05) is 25.0 Å². The van der Waals surface area contributed by atoms with Crippen LogP contribution in [0.3, 0.4) is 0 Å². The standard InChI is InChI=1S/C10H5Cl7.C8H18O.C2H6O2/c11-4-2-1-3-5(4)9(15)7(13)6(12)8(3,14)10(9,16)17;1-3-5-7-9-8-6-4-2;3-1-2-4/h1-5H;3-8H2,1-2H3;3-4H,1-2H2. The van der Waals surface area contributed by atoms with Crippen LogP contribution in [0.5, 0.6) is 0 Å². The summed E-state index contributed by atoms with van der Waals surface area (Å²) in [6, 6.07) is 0. The summed E-state index contributed by atoms with van der Waals surface area (Å²) < 4.78 is 3.83. The van der Waals surface area contributed by atoms with Crippen molar-refractivity contribution in [2.75, 3.05) is 26.4 Å². The molecule has 5 atom stereocenters. The van der Waals surface area contributed by atoms with Crippen molar-refractivity contribution in [3.8, 4) is 0 Å². The number of alkyl halides is 5. The maximum absolute atomic E-state index is 7.62. The highest BCUT2D eigenvalue weighted by atomic mass is 35.5. The van der Waals surface area contributed by atoms with E-state index in [-0.39, 0.29) is 40.5 Å². The van der Waals surface area contributed by atoms with Gasteiger partial charge in [0.15, 0.2) is 4.33 Å². The first kappa shape index (κ1) is 29.4. The Bertz CT molecular complexity index is 605. The van der Waals surface area contributed by atoms with Gasteiger partial charge in [-0.3, -0.25) is 0 Å². The summed E-state index contributed by atoms with van der Waals surface area (Å²) in [6.45, 7) is 6.03. The summed E-state index contributed by atoms with van der Waals surface area (Å²) in [4.78, 5) is -2.45. The van der Waals surface area contributed by atoms with Gasteiger partial charge in [-0.05, 0) is 12.8 Å². The molecule has 3 aliphatic rings. The highest BCUT2D eigenvalue weighted by Gasteiger charge is 2.83. The van der Waals surface area contributed by atoms with E-state index in [4.69, 9.17) is 96.2 Å². The summed E-state index contributed by atoms with van der Waals surface area (Å²) in [5, 5.41) is 15.4. The topological polar surface area (TPSA) is 49.7 Å². The Hall–Kier alpha value is 1.39. The van der Waals surface area contributed by atoms with Gasteiger partial charge in [0.25, 0.3) is 0 Å². The predicted molar refractivity (Wildman–Crippen MR) is 131 cm³/mol. The lowest BCUT2D eigenvalue weighted by Crippen LogP contribution is -2.45. The van der Waals surface area contributed by atoms with Crippen molar-refractivity contribution in [3.05, 3.63) is 22.2 Å². The van der Waals surface area contributed by atoms with Crippen LogP contribution in [0.15, 0.2) is 22.2 Å². The van der Waals surface area contributed by atoms with Crippen LogP contribution in [0.25, 0.3) is 0 Å². The molecule has 10 heteroatoms. The minimum Gasteiger partial charge on any atom is -0.394 e. The lowest BCUT2D eigenvalue weighted by Gasteiger charge is -2.34. The van der Waals surface area contributed by atoms with Crippen molar-refractivity contribution in [3.63, 3.8) is 0 Å². The third kappa shape index (κ3) is 5.22. The highest BCUT2D eigenvalue weighted by Crippen LogP contribution is 2.78. The molecule has 0 aromatic rings. The zero-order valence-corrected chi connectivity index (χ0v) is 22.3. The second-order valence-corrected chi connectivity index (χ2v) is 11.1. The van der Waals surface area contributed by atoms with E-state index in [2.05, 4.69) is 13.8 Å². The Kier molecular flexibility index (Phi) is 12.5. The first-order valence-electron chi connectivity index (χ1n) is 9.97. The average Bonchev–Trinajstić information content (AvgIpc) is 3.21. The number of aliphatic hydroxyl groups is 2. The normalized spacial score (nSPS) is 35.0. The van der Waals surface area contributed by atoms with E-state index in [1.165, 1.54) is 25.7 Å². The summed E-state index contributed by atoms with van der Waals surface area (Å²) in [6.07, 6.45) is 8.60. The first-order valence-corrected chi connectivity index (χ1v) is 12.7. The Balaban J connectivity index is 0.000000294. The number of aliphatic hydroxyl groups excluding tert-OH is 2. The van der Waals surface area contributed by atoms with Crippen LogP contribution in [0.2, 0.25) is 0 Å². The van der Waals surface area contributed by atoms with Gasteiger partial charge < -0.3 is 14.9 Å². The molecule has 3 rings (SSSR count). The predicted octanol–water partition coefficient (Wildman–Crippen LogP) is 6.82. The second kappa shape index (κ2) is 12.7. The fraction of sp³-hybridized carbons (Fsp3) is 0.800. The number of hydrogen-bond acceptors (Lipinski definition) is 3. The number of ether oxygens (including phenoxy) is 1. The molecule has 0 aromatic heterocycles. The molecule has 1 saturated carbocycles. The minimum atomic E-state index is -1.48. The van der Waals surface area contributed by atoms with Gasteiger partial charge in [-0.25, -0.2) is 0 Å². The quantitative estimate of drug-likeness (QED) is 0.203. The van der Waals surface area contributed by atoms with Crippen LogP contribution in [0, 0.1) is 11.8 Å². The van der Waals surface area contributed by atoms with E-state index >= 15 is 0 Å². The van der Waals surface area contributed by atoms with Crippen LogP contribution in [0.1, 0.15) is 39.5 Å². The van der Waals surface area contributed by atoms with Crippen LogP contribution in [-0.4, -0.2) is 56.1 Å². The van der Waals surface area contributed by atoms with E-state index < -0.39 is 14.1 Å². The van der Waals surface area contributed by atoms with Crippen molar-refractivity contribution in [2.45, 2.75) is 59.0 Å². The highest BCUT2D eigenvalue weighted by molar-refractivity contribution is 6.66. The fourth-order valence-corrected chi connectivity index (χ4v) is 7.19. The first-order chi connectivity index (χ1) is 14.0. The number of halogens is 7. The molecule has 176 valence electrons. The summed E-state index contributed by atoms with van der Waals surface area (Å²) in [5.74, 6) is -0.470. The zero-order valence-electron chi connectivity index (χ0n) is 17.0. The van der Waals surface area contributed by atoms with Gasteiger partial charge in [0.2, 0.25) is 0 Å². The molecule has 1 fully saturated rings. The molecule has 5 unspecified atom stereocenters. The van der Waals surface area contributed by atoms with E-state index in [1.807, 2.05) is 12.2 Å². The zero-order chi connectivity index (χ0) is 23.2. The molecule has 0 heterocycles. The van der Waals surface area contributed by atoms with Crippen molar-refractivity contribution in [1.29, 1.82) is 0 Å². The maximum atomic E-state index is 7.62.